The molecule has 22 heavy (non-hydrogen) atoms. The molecule has 4 nitrogen and oxygen atoms in total. The summed E-state index contributed by atoms with van der Waals surface area (Å²) in [4.78, 5) is 12.6. The van der Waals surface area contributed by atoms with Gasteiger partial charge in [-0.3, -0.25) is 4.79 Å². The lowest BCUT2D eigenvalue weighted by Gasteiger charge is -2.36. The van der Waals surface area contributed by atoms with Crippen molar-refractivity contribution in [2.24, 2.45) is 5.73 Å². The van der Waals surface area contributed by atoms with Crippen molar-refractivity contribution in [3.63, 3.8) is 0 Å². The van der Waals surface area contributed by atoms with Crippen LogP contribution < -0.4 is 11.5 Å². The average molecular weight is 327 g/mol. The van der Waals surface area contributed by atoms with Crippen molar-refractivity contribution in [1.82, 2.24) is 0 Å². The Kier molecular flexibility index (Phi) is 7.33. The number of likely N-dealkylation sites (N-methyl/N-ethyl adjacent to an activating group) is 1. The smallest absolute Gasteiger partial charge is 0.218 e. The number of nitrogens with two attached hydrogens (primary N) is 2. The monoisotopic (exact) mass is 326 g/mol. The van der Waals surface area contributed by atoms with Crippen LogP contribution in [0.1, 0.15) is 44.0 Å². The normalized spacial score (nSPS) is 13.1. The van der Waals surface area contributed by atoms with Crippen LogP contribution in [0.4, 0.5) is 5.69 Å². The van der Waals surface area contributed by atoms with Gasteiger partial charge in [-0.15, -0.1) is 0 Å². The highest BCUT2D eigenvalue weighted by molar-refractivity contribution is 6.34. The summed E-state index contributed by atoms with van der Waals surface area (Å²) in [5.41, 5.74) is 12.7. The number of carbonyl (C=O) groups is 1. The van der Waals surface area contributed by atoms with Gasteiger partial charge in [0.2, 0.25) is 5.78 Å². The van der Waals surface area contributed by atoms with E-state index >= 15 is 0 Å². The number of quaternary nitrogens is 1. The molecule has 0 saturated carbocycles. The van der Waals surface area contributed by atoms with E-state index in [-0.39, 0.29) is 11.8 Å². The van der Waals surface area contributed by atoms with Crippen LogP contribution in [-0.2, 0) is 0 Å². The number of nitrogen functional groups attached to an aromatic ring is 1. The highest BCUT2D eigenvalue weighted by Crippen LogP contribution is 2.21. The molecular formula is C17H29ClN3O+. The molecule has 0 aliphatic rings. The van der Waals surface area contributed by atoms with Gasteiger partial charge in [-0.05, 0) is 51.8 Å². The van der Waals surface area contributed by atoms with Crippen molar-refractivity contribution in [2.45, 2.75) is 39.7 Å². The lowest BCUT2D eigenvalue weighted by Crippen LogP contribution is -2.51. The molecule has 0 bridgehead atoms. The van der Waals surface area contributed by atoms with E-state index < -0.39 is 0 Å². The lowest BCUT2D eigenvalue weighted by molar-refractivity contribution is -0.917. The second kappa shape index (κ2) is 8.51. The van der Waals surface area contributed by atoms with Crippen molar-refractivity contribution >= 4 is 23.1 Å². The Morgan fingerprint density at radius 3 is 2.45 bits per heavy atom. The van der Waals surface area contributed by atoms with E-state index in [9.17, 15) is 4.79 Å². The summed E-state index contributed by atoms with van der Waals surface area (Å²) in [5.74, 6) is 0.0782. The maximum atomic E-state index is 12.6. The van der Waals surface area contributed by atoms with E-state index in [0.717, 1.165) is 37.0 Å². The first-order chi connectivity index (χ1) is 10.3. The van der Waals surface area contributed by atoms with Gasteiger partial charge < -0.3 is 16.0 Å². The fourth-order valence-corrected chi connectivity index (χ4v) is 3.03. The molecule has 0 radical (unpaired) electrons. The molecule has 0 aliphatic heterocycles. The van der Waals surface area contributed by atoms with Crippen LogP contribution in [-0.4, -0.2) is 42.5 Å². The molecule has 0 saturated heterocycles. The number of halogens is 1. The standard InChI is InChI=1S/C17H28ClN3O/c1-4-21(5-2,10-6-7-13(3)19)12-17(22)15-9-8-14(20)11-16(15)18/h8-9,11,13H,4-7,10,12,19H2,1-3H3,(H-,20,22)/p+1. The highest BCUT2D eigenvalue weighted by Gasteiger charge is 2.28. The zero-order chi connectivity index (χ0) is 16.8. The van der Waals surface area contributed by atoms with E-state index in [1.165, 1.54) is 0 Å². The van der Waals surface area contributed by atoms with Crippen LogP contribution in [0.25, 0.3) is 0 Å². The molecule has 124 valence electrons. The minimum atomic E-state index is 0.0782. The van der Waals surface area contributed by atoms with Crippen LogP contribution in [0.5, 0.6) is 0 Å². The van der Waals surface area contributed by atoms with Gasteiger partial charge in [0, 0.05) is 17.3 Å². The second-order valence-corrected chi connectivity index (χ2v) is 6.54. The molecule has 1 unspecified atom stereocenters. The minimum Gasteiger partial charge on any atom is -0.399 e. The van der Waals surface area contributed by atoms with E-state index in [1.54, 1.807) is 18.2 Å². The Labute approximate surface area is 139 Å². The summed E-state index contributed by atoms with van der Waals surface area (Å²) in [5, 5.41) is 0.436. The van der Waals surface area contributed by atoms with E-state index in [4.69, 9.17) is 23.1 Å². The molecule has 0 aliphatic carbocycles. The van der Waals surface area contributed by atoms with Gasteiger partial charge in [-0.2, -0.15) is 0 Å². The van der Waals surface area contributed by atoms with Gasteiger partial charge >= 0.3 is 0 Å². The molecule has 5 heteroatoms. The number of hydrogen-bond acceptors (Lipinski definition) is 3. The van der Waals surface area contributed by atoms with Gasteiger partial charge in [-0.1, -0.05) is 11.6 Å². The van der Waals surface area contributed by atoms with Crippen LogP contribution in [0.15, 0.2) is 18.2 Å². The summed E-state index contributed by atoms with van der Waals surface area (Å²) >= 11 is 6.16. The van der Waals surface area contributed by atoms with Gasteiger partial charge in [0.15, 0.2) is 0 Å². The van der Waals surface area contributed by atoms with E-state index in [1.807, 2.05) is 6.92 Å². The molecule has 1 aromatic rings. The summed E-state index contributed by atoms with van der Waals surface area (Å²) in [6.45, 7) is 9.57. The van der Waals surface area contributed by atoms with Crippen molar-refractivity contribution in [2.75, 3.05) is 31.9 Å². The van der Waals surface area contributed by atoms with E-state index in [0.29, 0.717) is 22.8 Å². The summed E-state index contributed by atoms with van der Waals surface area (Å²) < 4.78 is 0.770. The molecule has 4 N–H and O–H groups in total. The quantitative estimate of drug-likeness (QED) is 0.416. The van der Waals surface area contributed by atoms with Crippen molar-refractivity contribution in [1.29, 1.82) is 0 Å². The van der Waals surface area contributed by atoms with Gasteiger partial charge in [0.05, 0.1) is 24.7 Å². The number of ketones is 1. The first kappa shape index (κ1) is 18.9. The van der Waals surface area contributed by atoms with Crippen LogP contribution in [0.2, 0.25) is 5.02 Å². The van der Waals surface area contributed by atoms with Crippen LogP contribution >= 0.6 is 11.6 Å². The topological polar surface area (TPSA) is 69.1 Å². The molecule has 1 aromatic carbocycles. The van der Waals surface area contributed by atoms with Crippen molar-refractivity contribution in [3.8, 4) is 0 Å². The molecular weight excluding hydrogens is 298 g/mol. The number of Topliss-reactive ketones (excluding diaryl/α,β-unsaturated/α-hetero) is 1. The third-order valence-electron chi connectivity index (χ3n) is 4.41. The van der Waals surface area contributed by atoms with Gasteiger partial charge in [0.1, 0.15) is 6.54 Å². The van der Waals surface area contributed by atoms with E-state index in [2.05, 4.69) is 13.8 Å². The number of hydrogen-bond donors (Lipinski definition) is 2. The number of benzene rings is 1. The van der Waals surface area contributed by atoms with Gasteiger partial charge in [0.25, 0.3) is 0 Å². The average Bonchev–Trinajstić information content (AvgIpc) is 2.45. The molecule has 0 heterocycles. The lowest BCUT2D eigenvalue weighted by atomic mass is 10.1. The predicted octanol–water partition coefficient (Wildman–Crippen LogP) is 3.09. The molecule has 0 fully saturated rings. The number of carbonyl (C=O) groups excluding carboxylic acids is 1. The minimum absolute atomic E-state index is 0.0782. The predicted molar refractivity (Wildman–Crippen MR) is 94.2 cm³/mol. The fraction of sp³-hybridized carbons (Fsp3) is 0.588. The van der Waals surface area contributed by atoms with Gasteiger partial charge in [-0.25, -0.2) is 0 Å². The maximum absolute atomic E-state index is 12.6. The first-order valence-electron chi connectivity index (χ1n) is 8.02. The third-order valence-corrected chi connectivity index (χ3v) is 4.72. The molecule has 0 spiro atoms. The SMILES string of the molecule is CC[N+](CC)(CCCC(C)N)CC(=O)c1ccc(N)cc1Cl. The zero-order valence-corrected chi connectivity index (χ0v) is 14.7. The van der Waals surface area contributed by atoms with Crippen molar-refractivity contribution < 1.29 is 9.28 Å². The van der Waals surface area contributed by atoms with Crippen LogP contribution in [0.3, 0.4) is 0 Å². The summed E-state index contributed by atoms with van der Waals surface area (Å²) in [6.07, 6.45) is 2.01. The number of anilines is 1. The Hall–Kier alpha value is -1.10. The van der Waals surface area contributed by atoms with Crippen molar-refractivity contribution in [3.05, 3.63) is 28.8 Å². The second-order valence-electron chi connectivity index (χ2n) is 6.14. The summed E-state index contributed by atoms with van der Waals surface area (Å²) in [7, 11) is 0. The highest BCUT2D eigenvalue weighted by atomic mass is 35.5. The largest absolute Gasteiger partial charge is 0.399 e. The molecule has 1 rings (SSSR count). The number of nitrogens with zero attached hydrogens (tertiary/aromatic N) is 1. The fourth-order valence-electron chi connectivity index (χ4n) is 2.74. The zero-order valence-electron chi connectivity index (χ0n) is 13.9. The maximum Gasteiger partial charge on any atom is 0.218 e. The van der Waals surface area contributed by atoms with Crippen LogP contribution in [0, 0.1) is 0 Å². The first-order valence-corrected chi connectivity index (χ1v) is 8.40. The molecule has 1 atom stereocenters. The summed E-state index contributed by atoms with van der Waals surface area (Å²) in [6, 6.07) is 5.29. The Morgan fingerprint density at radius 2 is 1.95 bits per heavy atom. The molecule has 0 aromatic heterocycles. The Balaban J connectivity index is 2.82. The number of rotatable bonds is 9. The Morgan fingerprint density at radius 1 is 1.32 bits per heavy atom. The third kappa shape index (κ3) is 5.27. The Bertz CT molecular complexity index is 499. The molecule has 0 amide bonds.